The molecule has 1 aliphatic carbocycles. The maximum atomic E-state index is 13.2. The number of hydrogen-bond acceptors (Lipinski definition) is 4. The van der Waals surface area contributed by atoms with Crippen molar-refractivity contribution in [3.8, 4) is 28.1 Å². The summed E-state index contributed by atoms with van der Waals surface area (Å²) in [6.45, 7) is 2.48. The fourth-order valence-electron chi connectivity index (χ4n) is 5.08. The SMILES string of the molecule is CCC1CCc2c(c(-c3ccc(C(F)(F)F)cc3)nc3c(-c4ccc(OC)cc4)c(COC)nn23)C1. The van der Waals surface area contributed by atoms with Crippen LogP contribution in [0.15, 0.2) is 48.5 Å². The summed E-state index contributed by atoms with van der Waals surface area (Å²) in [6, 6.07) is 13.0. The first-order chi connectivity index (χ1) is 17.3. The number of alkyl halides is 3. The van der Waals surface area contributed by atoms with Gasteiger partial charge in [0.2, 0.25) is 0 Å². The lowest BCUT2D eigenvalue weighted by Gasteiger charge is -2.26. The Balaban J connectivity index is 1.76. The molecule has 0 bridgehead atoms. The Morgan fingerprint density at radius 2 is 1.69 bits per heavy atom. The highest BCUT2D eigenvalue weighted by atomic mass is 19.4. The predicted octanol–water partition coefficient (Wildman–Crippen LogP) is 6.75. The van der Waals surface area contributed by atoms with E-state index in [4.69, 9.17) is 19.6 Å². The summed E-state index contributed by atoms with van der Waals surface area (Å²) in [4.78, 5) is 5.07. The third kappa shape index (κ3) is 4.34. The van der Waals surface area contributed by atoms with Crippen LogP contribution in [0.1, 0.15) is 42.3 Å². The molecule has 4 aromatic rings. The molecule has 0 spiro atoms. The highest BCUT2D eigenvalue weighted by Crippen LogP contribution is 2.39. The number of ether oxygens (including phenoxy) is 2. The smallest absolute Gasteiger partial charge is 0.416 e. The number of methoxy groups -OCH3 is 2. The zero-order valence-corrected chi connectivity index (χ0v) is 20.5. The van der Waals surface area contributed by atoms with Crippen molar-refractivity contribution in [2.45, 2.75) is 45.4 Å². The van der Waals surface area contributed by atoms with Crippen LogP contribution in [0.3, 0.4) is 0 Å². The molecule has 5 nitrogen and oxygen atoms in total. The van der Waals surface area contributed by atoms with Crippen molar-refractivity contribution in [2.75, 3.05) is 14.2 Å². The molecule has 0 saturated carbocycles. The third-order valence-corrected chi connectivity index (χ3v) is 7.05. The van der Waals surface area contributed by atoms with E-state index in [1.165, 1.54) is 12.1 Å². The second kappa shape index (κ2) is 9.58. The molecule has 0 saturated heterocycles. The number of hydrogen-bond donors (Lipinski definition) is 0. The molecule has 5 rings (SSSR count). The van der Waals surface area contributed by atoms with E-state index in [0.717, 1.165) is 77.3 Å². The van der Waals surface area contributed by atoms with Crippen LogP contribution in [0.2, 0.25) is 0 Å². The summed E-state index contributed by atoms with van der Waals surface area (Å²) in [5.74, 6) is 1.24. The van der Waals surface area contributed by atoms with Gasteiger partial charge in [-0.15, -0.1) is 0 Å². The minimum atomic E-state index is -4.38. The van der Waals surface area contributed by atoms with Crippen LogP contribution in [0.4, 0.5) is 13.2 Å². The highest BCUT2D eigenvalue weighted by Gasteiger charge is 2.31. The van der Waals surface area contributed by atoms with Crippen molar-refractivity contribution in [3.05, 3.63) is 71.0 Å². The largest absolute Gasteiger partial charge is 0.497 e. The Hall–Kier alpha value is -3.39. The van der Waals surface area contributed by atoms with E-state index in [1.54, 1.807) is 14.2 Å². The van der Waals surface area contributed by atoms with E-state index >= 15 is 0 Å². The minimum absolute atomic E-state index is 0.312. The van der Waals surface area contributed by atoms with Crippen molar-refractivity contribution in [1.82, 2.24) is 14.6 Å². The molecule has 0 fully saturated rings. The fraction of sp³-hybridized carbons (Fsp3) is 0.357. The van der Waals surface area contributed by atoms with E-state index in [9.17, 15) is 13.2 Å². The van der Waals surface area contributed by atoms with Crippen molar-refractivity contribution in [3.63, 3.8) is 0 Å². The molecular formula is C28H28F3N3O2. The molecule has 2 aromatic heterocycles. The second-order valence-corrected chi connectivity index (χ2v) is 9.20. The molecule has 8 heteroatoms. The summed E-state index contributed by atoms with van der Waals surface area (Å²) < 4.78 is 52.4. The standard InChI is InChI=1S/C28H28F3N3O2/c1-4-17-5-14-24-22(15-17)26(19-6-10-20(11-7-19)28(29,30)31)32-27-25(23(16-35-2)33-34(24)27)18-8-12-21(36-3)13-9-18/h6-13,17H,4-5,14-16H2,1-3H3. The molecule has 1 atom stereocenters. The quantitative estimate of drug-likeness (QED) is 0.297. The molecule has 2 heterocycles. The monoisotopic (exact) mass is 495 g/mol. The van der Waals surface area contributed by atoms with Gasteiger partial charge >= 0.3 is 6.18 Å². The zero-order valence-electron chi connectivity index (χ0n) is 20.5. The molecule has 1 unspecified atom stereocenters. The lowest BCUT2D eigenvalue weighted by Crippen LogP contribution is -2.19. The molecule has 188 valence electrons. The van der Waals surface area contributed by atoms with Gasteiger partial charge in [0.05, 0.1) is 36.2 Å². The predicted molar refractivity (Wildman–Crippen MR) is 132 cm³/mol. The Labute approximate surface area is 207 Å². The van der Waals surface area contributed by atoms with Gasteiger partial charge in [0.1, 0.15) is 5.75 Å². The van der Waals surface area contributed by atoms with Crippen molar-refractivity contribution in [1.29, 1.82) is 0 Å². The average Bonchev–Trinajstić information content (AvgIpc) is 3.25. The number of halogens is 3. The summed E-state index contributed by atoms with van der Waals surface area (Å²) in [7, 11) is 3.25. The summed E-state index contributed by atoms with van der Waals surface area (Å²) in [6.07, 6.45) is -0.661. The first-order valence-electron chi connectivity index (χ1n) is 12.1. The van der Waals surface area contributed by atoms with Gasteiger partial charge in [0.15, 0.2) is 5.65 Å². The normalized spacial score (nSPS) is 15.8. The number of aryl methyl sites for hydroxylation is 1. The van der Waals surface area contributed by atoms with E-state index in [0.29, 0.717) is 23.7 Å². The van der Waals surface area contributed by atoms with Crippen LogP contribution < -0.4 is 4.74 Å². The number of fused-ring (bicyclic) bond motifs is 3. The van der Waals surface area contributed by atoms with E-state index in [1.807, 2.05) is 28.8 Å². The van der Waals surface area contributed by atoms with E-state index < -0.39 is 11.7 Å². The third-order valence-electron chi connectivity index (χ3n) is 7.05. The Kier molecular flexibility index (Phi) is 6.47. The summed E-state index contributed by atoms with van der Waals surface area (Å²) in [5.41, 5.74) is 6.08. The fourth-order valence-corrected chi connectivity index (χ4v) is 5.08. The number of aromatic nitrogens is 3. The van der Waals surface area contributed by atoms with Crippen LogP contribution in [0.25, 0.3) is 28.0 Å². The van der Waals surface area contributed by atoms with Gasteiger partial charge in [-0.3, -0.25) is 0 Å². The second-order valence-electron chi connectivity index (χ2n) is 9.20. The molecule has 0 aliphatic heterocycles. The number of rotatable bonds is 6. The van der Waals surface area contributed by atoms with Crippen LogP contribution >= 0.6 is 0 Å². The van der Waals surface area contributed by atoms with Crippen LogP contribution in [-0.2, 0) is 30.4 Å². The minimum Gasteiger partial charge on any atom is -0.497 e. The first kappa shape index (κ1) is 24.3. The van der Waals surface area contributed by atoms with Crippen molar-refractivity contribution in [2.24, 2.45) is 5.92 Å². The van der Waals surface area contributed by atoms with Gasteiger partial charge in [-0.1, -0.05) is 37.6 Å². The Morgan fingerprint density at radius 3 is 2.31 bits per heavy atom. The molecule has 0 radical (unpaired) electrons. The molecule has 0 amide bonds. The van der Waals surface area contributed by atoms with Gasteiger partial charge in [0, 0.05) is 23.9 Å². The average molecular weight is 496 g/mol. The maximum absolute atomic E-state index is 13.2. The van der Waals surface area contributed by atoms with Crippen molar-refractivity contribution < 1.29 is 22.6 Å². The topological polar surface area (TPSA) is 48.7 Å². The number of nitrogens with zero attached hydrogens (tertiary/aromatic N) is 3. The van der Waals surface area contributed by atoms with Crippen LogP contribution in [0, 0.1) is 5.92 Å². The lowest BCUT2D eigenvalue weighted by atomic mass is 9.83. The highest BCUT2D eigenvalue weighted by molar-refractivity contribution is 5.82. The first-order valence-corrected chi connectivity index (χ1v) is 12.1. The van der Waals surface area contributed by atoms with Gasteiger partial charge < -0.3 is 9.47 Å². The summed E-state index contributed by atoms with van der Waals surface area (Å²) >= 11 is 0. The molecule has 1 aliphatic rings. The molecular weight excluding hydrogens is 467 g/mol. The van der Waals surface area contributed by atoms with Gasteiger partial charge in [-0.2, -0.15) is 18.3 Å². The van der Waals surface area contributed by atoms with Crippen LogP contribution in [0.5, 0.6) is 5.75 Å². The maximum Gasteiger partial charge on any atom is 0.416 e. The molecule has 0 N–H and O–H groups in total. The van der Waals surface area contributed by atoms with Crippen molar-refractivity contribution >= 4 is 5.65 Å². The van der Waals surface area contributed by atoms with Gasteiger partial charge in [-0.05, 0) is 55.0 Å². The number of benzene rings is 2. The zero-order chi connectivity index (χ0) is 25.4. The Bertz CT molecular complexity index is 1380. The van der Waals surface area contributed by atoms with Gasteiger partial charge in [0.25, 0.3) is 0 Å². The summed E-state index contributed by atoms with van der Waals surface area (Å²) in [5, 5.41) is 4.92. The van der Waals surface area contributed by atoms with Gasteiger partial charge in [-0.25, -0.2) is 9.50 Å². The molecule has 2 aromatic carbocycles. The lowest BCUT2D eigenvalue weighted by molar-refractivity contribution is -0.137. The Morgan fingerprint density at radius 1 is 1.00 bits per heavy atom. The molecule has 36 heavy (non-hydrogen) atoms. The van der Waals surface area contributed by atoms with E-state index in [2.05, 4.69) is 6.92 Å². The van der Waals surface area contributed by atoms with Crippen LogP contribution in [-0.4, -0.2) is 28.8 Å². The van der Waals surface area contributed by atoms with E-state index in [-0.39, 0.29) is 0 Å².